The second kappa shape index (κ2) is 7.45. The number of rotatable bonds is 5. The van der Waals surface area contributed by atoms with E-state index in [2.05, 4.69) is 35.6 Å². The van der Waals surface area contributed by atoms with Crippen molar-refractivity contribution in [1.82, 2.24) is 4.90 Å². The van der Waals surface area contributed by atoms with Crippen LogP contribution in [0.1, 0.15) is 11.1 Å². The summed E-state index contributed by atoms with van der Waals surface area (Å²) >= 11 is 0. The van der Waals surface area contributed by atoms with Gasteiger partial charge in [-0.3, -0.25) is 9.69 Å². The van der Waals surface area contributed by atoms with E-state index in [4.69, 9.17) is 0 Å². The first-order chi connectivity index (χ1) is 12.0. The summed E-state index contributed by atoms with van der Waals surface area (Å²) < 4.78 is 13.8. The van der Waals surface area contributed by atoms with Crippen molar-refractivity contribution in [2.24, 2.45) is 0 Å². The van der Waals surface area contributed by atoms with Crippen molar-refractivity contribution in [2.75, 3.05) is 18.9 Å². The highest BCUT2D eigenvalue weighted by Crippen LogP contribution is 2.17. The third kappa shape index (κ3) is 4.43. The Balaban J connectivity index is 1.60. The molecular formula is C21H21FN2O. The lowest BCUT2D eigenvalue weighted by atomic mass is 10.1. The number of aryl methyl sites for hydroxylation is 1. The quantitative estimate of drug-likeness (QED) is 0.751. The number of hydrogen-bond donors (Lipinski definition) is 1. The molecule has 0 saturated heterocycles. The lowest BCUT2D eigenvalue weighted by Crippen LogP contribution is -2.30. The first-order valence-electron chi connectivity index (χ1n) is 8.23. The predicted molar refractivity (Wildman–Crippen MR) is 100 cm³/mol. The molecule has 0 spiro atoms. The third-order valence-electron chi connectivity index (χ3n) is 4.08. The molecule has 1 amide bonds. The fourth-order valence-corrected chi connectivity index (χ4v) is 2.86. The zero-order valence-electron chi connectivity index (χ0n) is 14.4. The number of nitrogens with one attached hydrogen (secondary N) is 1. The summed E-state index contributed by atoms with van der Waals surface area (Å²) in [6, 6.07) is 19.2. The van der Waals surface area contributed by atoms with Gasteiger partial charge in [-0.25, -0.2) is 4.39 Å². The maximum Gasteiger partial charge on any atom is 0.238 e. The highest BCUT2D eigenvalue weighted by molar-refractivity contribution is 5.92. The van der Waals surface area contributed by atoms with Crippen LogP contribution in [0.2, 0.25) is 0 Å². The average molecular weight is 336 g/mol. The molecule has 3 aromatic rings. The predicted octanol–water partition coefficient (Wildman–Crippen LogP) is 4.36. The Hall–Kier alpha value is -2.72. The number of halogens is 1. The summed E-state index contributed by atoms with van der Waals surface area (Å²) in [5.41, 5.74) is 2.18. The Morgan fingerprint density at radius 2 is 1.80 bits per heavy atom. The van der Waals surface area contributed by atoms with Crippen LogP contribution < -0.4 is 5.32 Å². The van der Waals surface area contributed by atoms with Gasteiger partial charge in [-0.1, -0.05) is 42.5 Å². The van der Waals surface area contributed by atoms with Gasteiger partial charge in [0.15, 0.2) is 0 Å². The van der Waals surface area contributed by atoms with Gasteiger partial charge in [0.1, 0.15) is 5.82 Å². The number of nitrogens with zero attached hydrogens (tertiary/aromatic N) is 1. The van der Waals surface area contributed by atoms with E-state index in [1.54, 1.807) is 12.1 Å². The number of hydrogen-bond acceptors (Lipinski definition) is 2. The van der Waals surface area contributed by atoms with Crippen LogP contribution in [0, 0.1) is 12.7 Å². The average Bonchev–Trinajstić information content (AvgIpc) is 2.57. The van der Waals surface area contributed by atoms with E-state index in [9.17, 15) is 9.18 Å². The van der Waals surface area contributed by atoms with Crippen LogP contribution in [0.5, 0.6) is 0 Å². The van der Waals surface area contributed by atoms with Gasteiger partial charge in [0, 0.05) is 6.54 Å². The molecule has 3 nitrogen and oxygen atoms in total. The Labute approximate surface area is 147 Å². The summed E-state index contributed by atoms with van der Waals surface area (Å²) in [6.07, 6.45) is 0. The minimum Gasteiger partial charge on any atom is -0.322 e. The molecule has 0 aromatic heterocycles. The van der Waals surface area contributed by atoms with E-state index in [1.807, 2.05) is 31.0 Å². The summed E-state index contributed by atoms with van der Waals surface area (Å²) in [5, 5.41) is 5.00. The molecule has 3 aromatic carbocycles. The lowest BCUT2D eigenvalue weighted by molar-refractivity contribution is -0.117. The first kappa shape index (κ1) is 17.1. The van der Waals surface area contributed by atoms with Crippen molar-refractivity contribution in [3.63, 3.8) is 0 Å². The maximum absolute atomic E-state index is 13.8. The highest BCUT2D eigenvalue weighted by Gasteiger charge is 2.10. The van der Waals surface area contributed by atoms with Crippen LogP contribution >= 0.6 is 0 Å². The van der Waals surface area contributed by atoms with Gasteiger partial charge < -0.3 is 5.32 Å². The van der Waals surface area contributed by atoms with Crippen molar-refractivity contribution < 1.29 is 9.18 Å². The summed E-state index contributed by atoms with van der Waals surface area (Å²) in [6.45, 7) is 2.65. The van der Waals surface area contributed by atoms with Gasteiger partial charge in [0.2, 0.25) is 5.91 Å². The number of likely N-dealkylation sites (N-methyl/N-ethyl adjacent to an activating group) is 1. The first-order valence-corrected chi connectivity index (χ1v) is 8.23. The zero-order chi connectivity index (χ0) is 17.8. The molecule has 0 heterocycles. The Morgan fingerprint density at radius 3 is 2.56 bits per heavy atom. The number of benzene rings is 3. The molecule has 0 aliphatic heterocycles. The van der Waals surface area contributed by atoms with E-state index in [-0.39, 0.29) is 18.1 Å². The molecule has 0 radical (unpaired) electrons. The van der Waals surface area contributed by atoms with E-state index in [0.717, 1.165) is 11.1 Å². The van der Waals surface area contributed by atoms with Crippen molar-refractivity contribution in [3.05, 3.63) is 77.6 Å². The SMILES string of the molecule is Cc1ccc(NC(=O)CN(C)Cc2ccc3ccccc3c2)c(F)c1. The van der Waals surface area contributed by atoms with Gasteiger partial charge >= 0.3 is 0 Å². The van der Waals surface area contributed by atoms with Gasteiger partial charge in [0.05, 0.1) is 12.2 Å². The van der Waals surface area contributed by atoms with E-state index < -0.39 is 5.82 Å². The van der Waals surface area contributed by atoms with E-state index in [1.165, 1.54) is 16.8 Å². The lowest BCUT2D eigenvalue weighted by Gasteiger charge is -2.17. The molecule has 25 heavy (non-hydrogen) atoms. The Morgan fingerprint density at radius 1 is 1.04 bits per heavy atom. The summed E-state index contributed by atoms with van der Waals surface area (Å²) in [5.74, 6) is -0.642. The number of amides is 1. The smallest absolute Gasteiger partial charge is 0.238 e. The van der Waals surface area contributed by atoms with E-state index >= 15 is 0 Å². The Bertz CT molecular complexity index is 907. The van der Waals surface area contributed by atoms with Gasteiger partial charge in [-0.15, -0.1) is 0 Å². The number of anilines is 1. The third-order valence-corrected chi connectivity index (χ3v) is 4.08. The summed E-state index contributed by atoms with van der Waals surface area (Å²) in [4.78, 5) is 14.1. The molecule has 0 unspecified atom stereocenters. The highest BCUT2D eigenvalue weighted by atomic mass is 19.1. The molecule has 0 aliphatic carbocycles. The van der Waals surface area contributed by atoms with Crippen LogP contribution in [-0.4, -0.2) is 24.4 Å². The van der Waals surface area contributed by atoms with Crippen LogP contribution in [0.15, 0.2) is 60.7 Å². The molecule has 0 aliphatic rings. The second-order valence-electron chi connectivity index (χ2n) is 6.39. The fraction of sp³-hybridized carbons (Fsp3) is 0.190. The molecule has 0 atom stereocenters. The van der Waals surface area contributed by atoms with Crippen LogP contribution in [0.25, 0.3) is 10.8 Å². The Kier molecular flexibility index (Phi) is 5.10. The van der Waals surface area contributed by atoms with Crippen LogP contribution in [-0.2, 0) is 11.3 Å². The van der Waals surface area contributed by atoms with Crippen molar-refractivity contribution in [2.45, 2.75) is 13.5 Å². The monoisotopic (exact) mass is 336 g/mol. The van der Waals surface area contributed by atoms with Crippen LogP contribution in [0.4, 0.5) is 10.1 Å². The molecule has 0 fully saturated rings. The van der Waals surface area contributed by atoms with Crippen LogP contribution in [0.3, 0.4) is 0 Å². The normalized spacial score (nSPS) is 11.0. The fourth-order valence-electron chi connectivity index (χ4n) is 2.86. The number of fused-ring (bicyclic) bond motifs is 1. The molecule has 0 saturated carbocycles. The molecule has 3 rings (SSSR count). The van der Waals surface area contributed by atoms with Crippen molar-refractivity contribution in [1.29, 1.82) is 0 Å². The maximum atomic E-state index is 13.8. The standard InChI is InChI=1S/C21H21FN2O/c1-15-7-10-20(19(22)11-15)23-21(25)14-24(2)13-16-8-9-17-5-3-4-6-18(17)12-16/h3-12H,13-14H2,1-2H3,(H,23,25). The minimum atomic E-state index is -0.412. The van der Waals surface area contributed by atoms with Crippen molar-refractivity contribution >= 4 is 22.4 Å². The number of carbonyl (C=O) groups is 1. The molecule has 0 bridgehead atoms. The molecule has 1 N–H and O–H groups in total. The largest absolute Gasteiger partial charge is 0.322 e. The second-order valence-corrected chi connectivity index (χ2v) is 6.39. The van der Waals surface area contributed by atoms with Crippen molar-refractivity contribution in [3.8, 4) is 0 Å². The van der Waals surface area contributed by atoms with Gasteiger partial charge in [-0.2, -0.15) is 0 Å². The topological polar surface area (TPSA) is 32.3 Å². The number of carbonyl (C=O) groups excluding carboxylic acids is 1. The van der Waals surface area contributed by atoms with Gasteiger partial charge in [0.25, 0.3) is 0 Å². The molecule has 4 heteroatoms. The minimum absolute atomic E-state index is 0.195. The molecular weight excluding hydrogens is 315 g/mol. The van der Waals surface area contributed by atoms with E-state index in [0.29, 0.717) is 6.54 Å². The summed E-state index contributed by atoms with van der Waals surface area (Å²) in [7, 11) is 1.88. The molecule has 128 valence electrons. The van der Waals surface area contributed by atoms with Gasteiger partial charge in [-0.05, 0) is 54.1 Å². The zero-order valence-corrected chi connectivity index (χ0v) is 14.4.